The maximum atomic E-state index is 13.7. The van der Waals surface area contributed by atoms with E-state index in [1.807, 2.05) is 60.7 Å². The number of aromatic nitrogens is 2. The van der Waals surface area contributed by atoms with Crippen LogP contribution in [0.1, 0.15) is 21.5 Å². The molecule has 3 N–H and O–H groups in total. The maximum absolute atomic E-state index is 13.7. The molecule has 1 amide bonds. The van der Waals surface area contributed by atoms with Crippen molar-refractivity contribution in [2.24, 2.45) is 0 Å². The summed E-state index contributed by atoms with van der Waals surface area (Å²) < 4.78 is 6.61. The van der Waals surface area contributed by atoms with Crippen LogP contribution in [0.25, 0.3) is 0 Å². The van der Waals surface area contributed by atoms with E-state index in [9.17, 15) is 14.4 Å². The Hall–Kier alpha value is -4.59. The highest BCUT2D eigenvalue weighted by Crippen LogP contribution is 2.26. The normalized spacial score (nSPS) is 10.6. The summed E-state index contributed by atoms with van der Waals surface area (Å²) in [6, 6.07) is 25.2. The van der Waals surface area contributed by atoms with Crippen molar-refractivity contribution in [3.05, 3.63) is 122 Å². The first-order valence-electron chi connectivity index (χ1n) is 10.6. The third-order valence-corrected chi connectivity index (χ3v) is 5.43. The van der Waals surface area contributed by atoms with Crippen molar-refractivity contribution in [1.82, 2.24) is 9.55 Å². The number of nitrogens with zero attached hydrogens (tertiary/aromatic N) is 2. The second-order valence-electron chi connectivity index (χ2n) is 7.64. The molecule has 0 aliphatic rings. The number of hydrogen-bond donors (Lipinski definition) is 2. The highest BCUT2D eigenvalue weighted by molar-refractivity contribution is 6.08. The number of para-hydroxylation sites is 1. The van der Waals surface area contributed by atoms with Gasteiger partial charge in [-0.05, 0) is 23.3 Å². The molecule has 4 rings (SSSR count). The standard InChI is InChI=1S/C26H24N4O4/c1-34-21-15-9-8-14-20(21)25(32)29(16-18-10-4-2-5-11-18)22-23(27)30(26(33)28-24(22)31)17-19-12-6-3-7-13-19/h2-15H,16-17,27H2,1H3,(H,28,31,33). The predicted octanol–water partition coefficient (Wildman–Crippen LogP) is 3.02. The molecule has 172 valence electrons. The van der Waals surface area contributed by atoms with Crippen molar-refractivity contribution in [3.8, 4) is 5.75 Å². The van der Waals surface area contributed by atoms with Gasteiger partial charge in [-0.25, -0.2) is 4.79 Å². The Balaban J connectivity index is 1.87. The third kappa shape index (κ3) is 4.61. The van der Waals surface area contributed by atoms with Crippen LogP contribution >= 0.6 is 0 Å². The van der Waals surface area contributed by atoms with Crippen LogP contribution in [0.4, 0.5) is 11.5 Å². The summed E-state index contributed by atoms with van der Waals surface area (Å²) in [6.45, 7) is 0.200. The van der Waals surface area contributed by atoms with Gasteiger partial charge in [0, 0.05) is 0 Å². The van der Waals surface area contributed by atoms with Crippen LogP contribution in [0.15, 0.2) is 94.5 Å². The molecular formula is C26H24N4O4. The Morgan fingerprint density at radius 1 is 0.912 bits per heavy atom. The molecule has 0 radical (unpaired) electrons. The maximum Gasteiger partial charge on any atom is 0.330 e. The molecule has 34 heavy (non-hydrogen) atoms. The number of aromatic amines is 1. The number of nitrogens with one attached hydrogen (secondary N) is 1. The summed E-state index contributed by atoms with van der Waals surface area (Å²) in [5.41, 5.74) is 6.76. The van der Waals surface area contributed by atoms with Crippen molar-refractivity contribution >= 4 is 17.4 Å². The van der Waals surface area contributed by atoms with Gasteiger partial charge in [0.2, 0.25) is 0 Å². The van der Waals surface area contributed by atoms with E-state index >= 15 is 0 Å². The number of H-pyrrole nitrogens is 1. The molecule has 1 heterocycles. The van der Waals surface area contributed by atoms with Gasteiger partial charge in [-0.15, -0.1) is 0 Å². The van der Waals surface area contributed by atoms with Crippen LogP contribution in [0.2, 0.25) is 0 Å². The zero-order valence-corrected chi connectivity index (χ0v) is 18.6. The number of ether oxygens (including phenoxy) is 1. The molecule has 0 unspecified atom stereocenters. The molecule has 0 atom stereocenters. The fourth-order valence-electron chi connectivity index (χ4n) is 3.75. The van der Waals surface area contributed by atoms with E-state index in [1.54, 1.807) is 24.3 Å². The van der Waals surface area contributed by atoms with Gasteiger partial charge in [-0.3, -0.25) is 24.0 Å². The summed E-state index contributed by atoms with van der Waals surface area (Å²) in [5.74, 6) is -0.224. The average Bonchev–Trinajstić information content (AvgIpc) is 2.86. The zero-order valence-electron chi connectivity index (χ0n) is 18.6. The van der Waals surface area contributed by atoms with Crippen LogP contribution in [-0.2, 0) is 13.1 Å². The second-order valence-corrected chi connectivity index (χ2v) is 7.64. The predicted molar refractivity (Wildman–Crippen MR) is 131 cm³/mol. The van der Waals surface area contributed by atoms with Gasteiger partial charge < -0.3 is 10.5 Å². The number of carbonyl (C=O) groups is 1. The van der Waals surface area contributed by atoms with Crippen molar-refractivity contribution in [2.75, 3.05) is 17.7 Å². The SMILES string of the molecule is COc1ccccc1C(=O)N(Cc1ccccc1)c1c(N)n(Cc2ccccc2)c(=O)[nH]c1=O. The Bertz CT molecular complexity index is 1410. The van der Waals surface area contributed by atoms with Crippen LogP contribution in [0.5, 0.6) is 5.75 Å². The molecule has 8 nitrogen and oxygen atoms in total. The Morgan fingerprint density at radius 2 is 1.50 bits per heavy atom. The number of rotatable bonds is 7. The summed E-state index contributed by atoms with van der Waals surface area (Å²) in [5, 5.41) is 0. The number of hydrogen-bond acceptors (Lipinski definition) is 5. The largest absolute Gasteiger partial charge is 0.496 e. The Kier molecular flexibility index (Phi) is 6.59. The number of benzene rings is 3. The van der Waals surface area contributed by atoms with E-state index in [-0.39, 0.29) is 30.2 Å². The van der Waals surface area contributed by atoms with E-state index in [0.29, 0.717) is 5.75 Å². The van der Waals surface area contributed by atoms with Gasteiger partial charge >= 0.3 is 5.69 Å². The first-order valence-corrected chi connectivity index (χ1v) is 10.6. The number of carbonyl (C=O) groups excluding carboxylic acids is 1. The second kappa shape index (κ2) is 9.91. The zero-order chi connectivity index (χ0) is 24.1. The summed E-state index contributed by atoms with van der Waals surface area (Å²) in [7, 11) is 1.47. The molecule has 0 fully saturated rings. The monoisotopic (exact) mass is 456 g/mol. The molecule has 0 spiro atoms. The van der Waals surface area contributed by atoms with E-state index in [2.05, 4.69) is 4.98 Å². The number of nitrogen functional groups attached to an aromatic ring is 1. The van der Waals surface area contributed by atoms with E-state index < -0.39 is 17.2 Å². The highest BCUT2D eigenvalue weighted by Gasteiger charge is 2.27. The van der Waals surface area contributed by atoms with Gasteiger partial charge in [0.15, 0.2) is 5.69 Å². The van der Waals surface area contributed by atoms with Gasteiger partial charge in [-0.1, -0.05) is 72.8 Å². The lowest BCUT2D eigenvalue weighted by molar-refractivity contribution is 0.0982. The molecule has 0 aliphatic heterocycles. The lowest BCUT2D eigenvalue weighted by Crippen LogP contribution is -2.41. The number of methoxy groups -OCH3 is 1. The van der Waals surface area contributed by atoms with Crippen molar-refractivity contribution in [2.45, 2.75) is 13.1 Å². The Labute approximate surface area is 195 Å². The van der Waals surface area contributed by atoms with Gasteiger partial charge in [0.05, 0.1) is 25.8 Å². The number of amides is 1. The summed E-state index contributed by atoms with van der Waals surface area (Å²) >= 11 is 0. The summed E-state index contributed by atoms with van der Waals surface area (Å²) in [6.07, 6.45) is 0. The summed E-state index contributed by atoms with van der Waals surface area (Å²) in [4.78, 5) is 43.0. The number of anilines is 2. The molecule has 0 bridgehead atoms. The molecule has 0 aliphatic carbocycles. The van der Waals surface area contributed by atoms with Gasteiger partial charge in [0.25, 0.3) is 11.5 Å². The minimum absolute atomic E-state index is 0.0640. The van der Waals surface area contributed by atoms with E-state index in [1.165, 1.54) is 16.6 Å². The minimum atomic E-state index is -0.744. The highest BCUT2D eigenvalue weighted by atomic mass is 16.5. The fraction of sp³-hybridized carbons (Fsp3) is 0.115. The quantitative estimate of drug-likeness (QED) is 0.444. The average molecular weight is 457 g/mol. The molecule has 0 saturated carbocycles. The van der Waals surface area contributed by atoms with Crippen LogP contribution < -0.4 is 26.6 Å². The molecule has 8 heteroatoms. The van der Waals surface area contributed by atoms with Crippen LogP contribution in [0.3, 0.4) is 0 Å². The molecule has 1 aromatic heterocycles. The first-order chi connectivity index (χ1) is 16.5. The number of nitrogens with two attached hydrogens (primary N) is 1. The van der Waals surface area contributed by atoms with Crippen molar-refractivity contribution < 1.29 is 9.53 Å². The topological polar surface area (TPSA) is 110 Å². The lowest BCUT2D eigenvalue weighted by atomic mass is 10.1. The lowest BCUT2D eigenvalue weighted by Gasteiger charge is -2.25. The van der Waals surface area contributed by atoms with Crippen LogP contribution in [-0.4, -0.2) is 22.6 Å². The fourth-order valence-corrected chi connectivity index (χ4v) is 3.75. The molecule has 0 saturated heterocycles. The smallest absolute Gasteiger partial charge is 0.330 e. The molecular weight excluding hydrogens is 432 g/mol. The van der Waals surface area contributed by atoms with Gasteiger partial charge in [0.1, 0.15) is 11.6 Å². The molecule has 4 aromatic rings. The minimum Gasteiger partial charge on any atom is -0.496 e. The third-order valence-electron chi connectivity index (χ3n) is 5.43. The van der Waals surface area contributed by atoms with E-state index in [4.69, 9.17) is 10.5 Å². The molecule has 3 aromatic carbocycles. The van der Waals surface area contributed by atoms with Crippen LogP contribution in [0, 0.1) is 0 Å². The Morgan fingerprint density at radius 3 is 2.15 bits per heavy atom. The van der Waals surface area contributed by atoms with E-state index in [0.717, 1.165) is 11.1 Å². The first kappa shape index (κ1) is 22.6. The van der Waals surface area contributed by atoms with Crippen molar-refractivity contribution in [3.63, 3.8) is 0 Å². The van der Waals surface area contributed by atoms with Crippen molar-refractivity contribution in [1.29, 1.82) is 0 Å². The van der Waals surface area contributed by atoms with Gasteiger partial charge in [-0.2, -0.15) is 0 Å².